The minimum Gasteiger partial charge on any atom is -0.383 e. The normalized spacial score (nSPS) is 13.4. The molecule has 2 heterocycles. The molecule has 0 saturated carbocycles. The van der Waals surface area contributed by atoms with Gasteiger partial charge in [-0.15, -0.1) is 0 Å². The van der Waals surface area contributed by atoms with E-state index in [1.807, 2.05) is 18.2 Å². The van der Waals surface area contributed by atoms with Crippen molar-refractivity contribution in [2.24, 2.45) is 0 Å². The van der Waals surface area contributed by atoms with Crippen molar-refractivity contribution >= 4 is 11.5 Å². The first kappa shape index (κ1) is 13.5. The molecule has 0 radical (unpaired) electrons. The summed E-state index contributed by atoms with van der Waals surface area (Å²) in [5.74, 6) is 0.0476. The van der Waals surface area contributed by atoms with Crippen LogP contribution in [0.3, 0.4) is 0 Å². The first-order chi connectivity index (χ1) is 10.1. The zero-order chi connectivity index (χ0) is 14.8. The molecule has 1 aliphatic rings. The molecule has 0 saturated heterocycles. The second-order valence-corrected chi connectivity index (χ2v) is 5.32. The summed E-state index contributed by atoms with van der Waals surface area (Å²) < 4.78 is 0. The number of carbonyl (C=O) groups is 1. The maximum atomic E-state index is 11.8. The average molecular weight is 283 g/mol. The Balaban J connectivity index is 1.97. The summed E-state index contributed by atoms with van der Waals surface area (Å²) in [6, 6.07) is 7.52. The van der Waals surface area contributed by atoms with Gasteiger partial charge >= 0.3 is 0 Å². The van der Waals surface area contributed by atoms with Gasteiger partial charge in [-0.25, -0.2) is 5.10 Å². The van der Waals surface area contributed by atoms with Crippen molar-refractivity contribution < 1.29 is 4.79 Å². The molecule has 2 N–H and O–H groups in total. The topological polar surface area (TPSA) is 74.8 Å². The highest BCUT2D eigenvalue weighted by Crippen LogP contribution is 2.23. The highest BCUT2D eigenvalue weighted by molar-refractivity contribution is 5.94. The van der Waals surface area contributed by atoms with Crippen LogP contribution in [-0.2, 0) is 12.8 Å². The molecule has 0 amide bonds. The summed E-state index contributed by atoms with van der Waals surface area (Å²) in [5, 5.41) is 10.0. The van der Waals surface area contributed by atoms with Crippen molar-refractivity contribution in [3.63, 3.8) is 0 Å². The van der Waals surface area contributed by atoms with Gasteiger partial charge in [0.2, 0.25) is 0 Å². The Morgan fingerprint density at radius 3 is 3.05 bits per heavy atom. The average Bonchev–Trinajstić information content (AvgIpc) is 2.51. The number of ketones is 1. The second-order valence-electron chi connectivity index (χ2n) is 5.32. The quantitative estimate of drug-likeness (QED) is 0.844. The van der Waals surface area contributed by atoms with Crippen LogP contribution in [0.25, 0.3) is 0 Å². The lowest BCUT2D eigenvalue weighted by molar-refractivity contribution is 0.101. The minimum absolute atomic E-state index is 0.0476. The number of rotatable bonds is 3. The molecule has 0 spiro atoms. The third-order valence-corrected chi connectivity index (χ3v) is 3.77. The van der Waals surface area contributed by atoms with Gasteiger partial charge in [0.05, 0.1) is 11.4 Å². The summed E-state index contributed by atoms with van der Waals surface area (Å²) >= 11 is 0. The van der Waals surface area contributed by atoms with Gasteiger partial charge in [0, 0.05) is 24.1 Å². The SMILES string of the molecule is CC(=O)c1cccc(Cc2n[nH]c(=O)c3c2NCCC3)c1. The third-order valence-electron chi connectivity index (χ3n) is 3.77. The van der Waals surface area contributed by atoms with Crippen LogP contribution < -0.4 is 10.9 Å². The van der Waals surface area contributed by atoms with Crippen molar-refractivity contribution in [3.05, 3.63) is 57.0 Å². The molecule has 0 atom stereocenters. The molecule has 3 rings (SSSR count). The zero-order valence-electron chi connectivity index (χ0n) is 11.9. The van der Waals surface area contributed by atoms with Crippen LogP contribution in [0.4, 0.5) is 5.69 Å². The Morgan fingerprint density at radius 1 is 1.38 bits per heavy atom. The van der Waals surface area contributed by atoms with Crippen LogP contribution >= 0.6 is 0 Å². The van der Waals surface area contributed by atoms with E-state index in [2.05, 4.69) is 15.5 Å². The second kappa shape index (κ2) is 5.52. The molecule has 0 aliphatic carbocycles. The fraction of sp³-hybridized carbons (Fsp3) is 0.312. The van der Waals surface area contributed by atoms with Crippen molar-refractivity contribution in [1.82, 2.24) is 10.2 Å². The molecule has 21 heavy (non-hydrogen) atoms. The first-order valence-corrected chi connectivity index (χ1v) is 7.09. The molecule has 1 aliphatic heterocycles. The highest BCUT2D eigenvalue weighted by atomic mass is 16.1. The third kappa shape index (κ3) is 2.72. The standard InChI is InChI=1S/C16H17N3O2/c1-10(20)12-5-2-4-11(8-12)9-14-15-13(6-3-7-17-15)16(21)19-18-14/h2,4-5,8,17H,3,6-7,9H2,1H3,(H,19,21). The number of nitrogens with zero attached hydrogens (tertiary/aromatic N) is 1. The number of aromatic nitrogens is 2. The molecule has 0 fully saturated rings. The predicted molar refractivity (Wildman–Crippen MR) is 80.9 cm³/mol. The van der Waals surface area contributed by atoms with E-state index in [4.69, 9.17) is 0 Å². The van der Waals surface area contributed by atoms with Gasteiger partial charge in [0.25, 0.3) is 5.56 Å². The predicted octanol–water partition coefficient (Wildman–Crippen LogP) is 1.92. The summed E-state index contributed by atoms with van der Waals surface area (Å²) in [6.07, 6.45) is 2.33. The molecule has 1 aromatic heterocycles. The van der Waals surface area contributed by atoms with E-state index < -0.39 is 0 Å². The number of aromatic amines is 1. The van der Waals surface area contributed by atoms with E-state index in [0.29, 0.717) is 12.0 Å². The Kier molecular flexibility index (Phi) is 3.56. The Hall–Kier alpha value is -2.43. The van der Waals surface area contributed by atoms with Crippen LogP contribution in [0, 0.1) is 0 Å². The summed E-state index contributed by atoms with van der Waals surface area (Å²) in [5.41, 5.74) is 4.06. The summed E-state index contributed by atoms with van der Waals surface area (Å²) in [6.45, 7) is 2.42. The van der Waals surface area contributed by atoms with E-state index in [-0.39, 0.29) is 11.3 Å². The molecule has 2 aromatic rings. The number of hydrogen-bond donors (Lipinski definition) is 2. The van der Waals surface area contributed by atoms with Gasteiger partial charge in [0.15, 0.2) is 5.78 Å². The number of fused-ring (bicyclic) bond motifs is 1. The van der Waals surface area contributed by atoms with Crippen LogP contribution in [0.1, 0.15) is 40.5 Å². The van der Waals surface area contributed by atoms with E-state index in [1.54, 1.807) is 13.0 Å². The van der Waals surface area contributed by atoms with E-state index >= 15 is 0 Å². The van der Waals surface area contributed by atoms with Crippen molar-refractivity contribution in [2.75, 3.05) is 11.9 Å². The van der Waals surface area contributed by atoms with Gasteiger partial charge < -0.3 is 5.32 Å². The lowest BCUT2D eigenvalue weighted by atomic mass is 9.99. The van der Waals surface area contributed by atoms with Crippen LogP contribution in [0.15, 0.2) is 29.1 Å². The van der Waals surface area contributed by atoms with E-state index in [0.717, 1.165) is 41.9 Å². The van der Waals surface area contributed by atoms with E-state index in [9.17, 15) is 9.59 Å². The smallest absolute Gasteiger partial charge is 0.269 e. The fourth-order valence-electron chi connectivity index (χ4n) is 2.68. The fourth-order valence-corrected chi connectivity index (χ4v) is 2.68. The Morgan fingerprint density at radius 2 is 2.24 bits per heavy atom. The molecule has 5 nitrogen and oxygen atoms in total. The molecule has 0 unspecified atom stereocenters. The van der Waals surface area contributed by atoms with Crippen molar-refractivity contribution in [3.8, 4) is 0 Å². The number of carbonyl (C=O) groups excluding carboxylic acids is 1. The molecule has 0 bridgehead atoms. The highest BCUT2D eigenvalue weighted by Gasteiger charge is 2.17. The molecular weight excluding hydrogens is 266 g/mol. The Bertz CT molecular complexity index is 749. The number of anilines is 1. The number of Topliss-reactive ketones (excluding diaryl/α,β-unsaturated/α-hetero) is 1. The number of H-pyrrole nitrogens is 1. The first-order valence-electron chi connectivity index (χ1n) is 7.09. The molecule has 5 heteroatoms. The largest absolute Gasteiger partial charge is 0.383 e. The number of benzene rings is 1. The van der Waals surface area contributed by atoms with Crippen molar-refractivity contribution in [2.45, 2.75) is 26.2 Å². The van der Waals surface area contributed by atoms with Crippen LogP contribution in [-0.4, -0.2) is 22.5 Å². The maximum Gasteiger partial charge on any atom is 0.269 e. The number of nitrogens with one attached hydrogen (secondary N) is 2. The Labute approximate surface area is 122 Å². The maximum absolute atomic E-state index is 11.8. The minimum atomic E-state index is -0.113. The van der Waals surface area contributed by atoms with Crippen molar-refractivity contribution in [1.29, 1.82) is 0 Å². The molecular formula is C16H17N3O2. The zero-order valence-corrected chi connectivity index (χ0v) is 11.9. The van der Waals surface area contributed by atoms with E-state index in [1.165, 1.54) is 0 Å². The number of hydrogen-bond acceptors (Lipinski definition) is 4. The molecule has 1 aromatic carbocycles. The lowest BCUT2D eigenvalue weighted by Crippen LogP contribution is -2.25. The van der Waals surface area contributed by atoms with Gasteiger partial charge in [-0.3, -0.25) is 9.59 Å². The summed E-state index contributed by atoms with van der Waals surface area (Å²) in [7, 11) is 0. The van der Waals surface area contributed by atoms with Gasteiger partial charge in [-0.05, 0) is 31.4 Å². The van der Waals surface area contributed by atoms with Gasteiger partial charge in [-0.1, -0.05) is 18.2 Å². The molecule has 108 valence electrons. The monoisotopic (exact) mass is 283 g/mol. The van der Waals surface area contributed by atoms with Crippen LogP contribution in [0.5, 0.6) is 0 Å². The van der Waals surface area contributed by atoms with Crippen LogP contribution in [0.2, 0.25) is 0 Å². The van der Waals surface area contributed by atoms with Gasteiger partial charge in [0.1, 0.15) is 0 Å². The van der Waals surface area contributed by atoms with Gasteiger partial charge in [-0.2, -0.15) is 5.10 Å². The lowest BCUT2D eigenvalue weighted by Gasteiger charge is -2.19. The summed E-state index contributed by atoms with van der Waals surface area (Å²) in [4.78, 5) is 23.3.